The summed E-state index contributed by atoms with van der Waals surface area (Å²) in [5, 5.41) is 0. The number of nitrogens with zero attached hydrogens (tertiary/aromatic N) is 4. The Hall–Kier alpha value is -5.34. The maximum Gasteiger partial charge on any atom is 0.232 e. The van der Waals surface area contributed by atoms with Gasteiger partial charge in [-0.05, 0) is 110 Å². The van der Waals surface area contributed by atoms with E-state index in [9.17, 15) is 18.4 Å². The summed E-state index contributed by atoms with van der Waals surface area (Å²) in [6, 6.07) is 20.6. The zero-order valence-electron chi connectivity index (χ0n) is 29.6. The summed E-state index contributed by atoms with van der Waals surface area (Å²) in [5.74, 6) is 12.5. The molecule has 6 atom stereocenters. The maximum absolute atomic E-state index is 12.9. The molecule has 0 N–H and O–H groups in total. The van der Waals surface area contributed by atoms with Crippen molar-refractivity contribution in [2.24, 2.45) is 11.8 Å². The lowest BCUT2D eigenvalue weighted by Crippen LogP contribution is -2.33. The number of rotatable bonds is 2. The number of likely N-dealkylation sites (tertiary alicyclic amines) is 2. The van der Waals surface area contributed by atoms with E-state index in [4.69, 9.17) is 0 Å². The molecule has 52 heavy (non-hydrogen) atoms. The van der Waals surface area contributed by atoms with Gasteiger partial charge < -0.3 is 9.80 Å². The van der Waals surface area contributed by atoms with Crippen molar-refractivity contribution in [3.05, 3.63) is 130 Å². The first-order valence-electron chi connectivity index (χ1n) is 18.3. The van der Waals surface area contributed by atoms with Crippen LogP contribution in [0.5, 0.6) is 0 Å². The van der Waals surface area contributed by atoms with Gasteiger partial charge in [0.25, 0.3) is 0 Å². The van der Waals surface area contributed by atoms with Gasteiger partial charge in [0.1, 0.15) is 11.6 Å². The Morgan fingerprint density at radius 1 is 0.519 bits per heavy atom. The third-order valence-electron chi connectivity index (χ3n) is 11.2. The van der Waals surface area contributed by atoms with Crippen LogP contribution in [0.1, 0.15) is 96.8 Å². The first kappa shape index (κ1) is 35.1. The highest BCUT2D eigenvalue weighted by Crippen LogP contribution is 2.45. The fourth-order valence-corrected chi connectivity index (χ4v) is 8.52. The number of fused-ring (bicyclic) bond motifs is 2. The Morgan fingerprint density at radius 2 is 0.865 bits per heavy atom. The number of carbonyl (C=O) groups is 2. The zero-order valence-corrected chi connectivity index (χ0v) is 29.6. The number of aromatic nitrogens is 2. The SMILES string of the molecule is CN1C(=O)[C@@H](c2ccc(C#Cc3ccc(F)cc3)cn2)[C@@H]2CCCC[C@@H]21.CN1C(=O)[C@H](c2ccc(C#Cc3ccc(F)cc3)cn2)[C@H]2CCCC[C@H]21. The average molecular weight is 697 g/mol. The number of benzene rings is 2. The number of pyridine rings is 2. The first-order valence-corrected chi connectivity index (χ1v) is 18.3. The minimum atomic E-state index is -0.270. The van der Waals surface area contributed by atoms with Gasteiger partial charge >= 0.3 is 0 Å². The number of halogens is 2. The molecule has 4 heterocycles. The molecule has 264 valence electrons. The normalized spacial score (nSPS) is 24.8. The molecule has 2 aliphatic carbocycles. The van der Waals surface area contributed by atoms with E-state index in [1.807, 2.05) is 48.2 Å². The van der Waals surface area contributed by atoms with E-state index in [2.05, 4.69) is 33.6 Å². The molecule has 8 heteroatoms. The van der Waals surface area contributed by atoms with Crippen LogP contribution in [0.4, 0.5) is 8.78 Å². The molecule has 2 amide bonds. The molecule has 2 aromatic heterocycles. The molecule has 2 saturated carbocycles. The number of carbonyl (C=O) groups excluding carboxylic acids is 2. The summed E-state index contributed by atoms with van der Waals surface area (Å²) in [5.41, 5.74) is 4.79. The van der Waals surface area contributed by atoms with E-state index < -0.39 is 0 Å². The van der Waals surface area contributed by atoms with Gasteiger partial charge in [0, 0.05) is 60.8 Å². The highest BCUT2D eigenvalue weighted by Gasteiger charge is 2.49. The van der Waals surface area contributed by atoms with Crippen molar-refractivity contribution in [2.45, 2.75) is 75.3 Å². The molecule has 4 aliphatic rings. The number of amides is 2. The van der Waals surface area contributed by atoms with Crippen molar-refractivity contribution in [3.8, 4) is 23.7 Å². The van der Waals surface area contributed by atoms with E-state index in [1.54, 1.807) is 36.7 Å². The molecule has 4 fully saturated rings. The lowest BCUT2D eigenvalue weighted by Gasteiger charge is -2.29. The van der Waals surface area contributed by atoms with Gasteiger partial charge in [-0.2, -0.15) is 0 Å². The van der Waals surface area contributed by atoms with Crippen molar-refractivity contribution in [1.82, 2.24) is 19.8 Å². The van der Waals surface area contributed by atoms with E-state index in [1.165, 1.54) is 49.9 Å². The van der Waals surface area contributed by atoms with Crippen LogP contribution >= 0.6 is 0 Å². The van der Waals surface area contributed by atoms with Crippen molar-refractivity contribution in [2.75, 3.05) is 14.1 Å². The predicted octanol–water partition coefficient (Wildman–Crippen LogP) is 7.47. The smallest absolute Gasteiger partial charge is 0.232 e. The lowest BCUT2D eigenvalue weighted by molar-refractivity contribution is -0.129. The minimum Gasteiger partial charge on any atom is -0.342 e. The Labute approximate surface area is 304 Å². The summed E-state index contributed by atoms with van der Waals surface area (Å²) in [6.07, 6.45) is 12.7. The van der Waals surface area contributed by atoms with E-state index in [-0.39, 0.29) is 35.3 Å². The molecular weight excluding hydrogens is 655 g/mol. The molecule has 0 unspecified atom stereocenters. The van der Waals surface area contributed by atoms with E-state index in [0.29, 0.717) is 23.9 Å². The van der Waals surface area contributed by atoms with Crippen molar-refractivity contribution >= 4 is 11.8 Å². The zero-order chi connectivity index (χ0) is 36.2. The Morgan fingerprint density at radius 3 is 1.23 bits per heavy atom. The molecule has 4 aromatic rings. The Bertz CT molecular complexity index is 1880. The summed E-state index contributed by atoms with van der Waals surface area (Å²) in [6.45, 7) is 0. The molecule has 8 rings (SSSR count). The Kier molecular flexibility index (Phi) is 10.5. The first-order chi connectivity index (χ1) is 25.3. The second-order valence-corrected chi connectivity index (χ2v) is 14.3. The highest BCUT2D eigenvalue weighted by molar-refractivity contribution is 5.87. The van der Waals surface area contributed by atoms with Gasteiger partial charge in [-0.1, -0.05) is 49.4 Å². The second kappa shape index (κ2) is 15.5. The number of hydrogen-bond acceptors (Lipinski definition) is 4. The molecule has 2 aliphatic heterocycles. The van der Waals surface area contributed by atoms with E-state index >= 15 is 0 Å². The van der Waals surface area contributed by atoms with Crippen molar-refractivity contribution in [1.29, 1.82) is 0 Å². The predicted molar refractivity (Wildman–Crippen MR) is 196 cm³/mol. The van der Waals surface area contributed by atoms with Crippen LogP contribution in [0.25, 0.3) is 0 Å². The van der Waals surface area contributed by atoms with Gasteiger partial charge in [-0.15, -0.1) is 0 Å². The minimum absolute atomic E-state index is 0.121. The topological polar surface area (TPSA) is 66.4 Å². The van der Waals surface area contributed by atoms with Crippen molar-refractivity contribution < 1.29 is 18.4 Å². The fraction of sp³-hybridized carbons (Fsp3) is 0.364. The Balaban J connectivity index is 0.000000162. The largest absolute Gasteiger partial charge is 0.342 e. The van der Waals surface area contributed by atoms with Gasteiger partial charge in [-0.25, -0.2) is 8.78 Å². The third kappa shape index (κ3) is 7.48. The maximum atomic E-state index is 12.9. The van der Waals surface area contributed by atoms with Crippen LogP contribution in [0.15, 0.2) is 85.2 Å². The van der Waals surface area contributed by atoms with Gasteiger partial charge in [0.05, 0.1) is 23.2 Å². The molecule has 2 saturated heterocycles. The van der Waals surface area contributed by atoms with Crippen LogP contribution in [-0.2, 0) is 9.59 Å². The monoisotopic (exact) mass is 696 g/mol. The third-order valence-corrected chi connectivity index (χ3v) is 11.2. The van der Waals surface area contributed by atoms with Crippen LogP contribution < -0.4 is 0 Å². The van der Waals surface area contributed by atoms with Gasteiger partial charge in [-0.3, -0.25) is 19.6 Å². The molecule has 0 radical (unpaired) electrons. The van der Waals surface area contributed by atoms with Crippen LogP contribution in [0.2, 0.25) is 0 Å². The quantitative estimate of drug-likeness (QED) is 0.204. The van der Waals surface area contributed by atoms with E-state index in [0.717, 1.165) is 59.3 Å². The molecule has 0 spiro atoms. The summed E-state index contributed by atoms with van der Waals surface area (Å²) >= 11 is 0. The molecule has 0 bridgehead atoms. The average Bonchev–Trinajstić information content (AvgIpc) is 3.59. The number of hydrogen-bond donors (Lipinski definition) is 0. The summed E-state index contributed by atoms with van der Waals surface area (Å²) in [7, 11) is 3.85. The highest BCUT2D eigenvalue weighted by atomic mass is 19.1. The fourth-order valence-electron chi connectivity index (χ4n) is 8.52. The van der Waals surface area contributed by atoms with Crippen LogP contribution in [0, 0.1) is 47.2 Å². The summed E-state index contributed by atoms with van der Waals surface area (Å²) < 4.78 is 25.9. The molecule has 2 aromatic carbocycles. The lowest BCUT2D eigenvalue weighted by atomic mass is 9.78. The number of likely N-dealkylation sites (N-methyl/N-ethyl adjacent to an activating group) is 2. The van der Waals surface area contributed by atoms with Crippen molar-refractivity contribution in [3.63, 3.8) is 0 Å². The van der Waals surface area contributed by atoms with Crippen LogP contribution in [-0.4, -0.2) is 57.8 Å². The summed E-state index contributed by atoms with van der Waals surface area (Å²) in [4.78, 5) is 38.4. The standard InChI is InChI=1S/2C22H21FN2O/c2*1-25-20-5-3-2-4-18(20)21(22(25)26)19-13-10-16(14-24-19)7-6-15-8-11-17(23)12-9-15/h2*8-14,18,20-21H,2-5H2,1H3/t2*18-,20+,21-/m10/s1. The second-order valence-electron chi connectivity index (χ2n) is 14.3. The molecular formula is C44H42F2N4O2. The van der Waals surface area contributed by atoms with Gasteiger partial charge in [0.15, 0.2) is 0 Å². The van der Waals surface area contributed by atoms with Gasteiger partial charge in [0.2, 0.25) is 11.8 Å². The van der Waals surface area contributed by atoms with Crippen LogP contribution in [0.3, 0.4) is 0 Å². The molecule has 6 nitrogen and oxygen atoms in total.